The van der Waals surface area contributed by atoms with Gasteiger partial charge >= 0.3 is 5.69 Å². The summed E-state index contributed by atoms with van der Waals surface area (Å²) in [6.07, 6.45) is 2.09. The molecule has 5 rings (SSSR count). The summed E-state index contributed by atoms with van der Waals surface area (Å²) in [5.41, 5.74) is -1.98. The Morgan fingerprint density at radius 3 is 2.51 bits per heavy atom. The highest BCUT2D eigenvalue weighted by Gasteiger charge is 2.43. The molecule has 1 aliphatic heterocycles. The lowest BCUT2D eigenvalue weighted by molar-refractivity contribution is -0.117. The first kappa shape index (κ1) is 25.2. The third-order valence-corrected chi connectivity index (χ3v) is 7.38. The fraction of sp³-hybridized carbons (Fsp3) is 0.292. The summed E-state index contributed by atoms with van der Waals surface area (Å²) in [6, 6.07) is 10.1. The highest BCUT2D eigenvalue weighted by molar-refractivity contribution is 9.10. The smallest absolute Gasteiger partial charge is 0.337 e. The van der Waals surface area contributed by atoms with Crippen LogP contribution < -0.4 is 26.6 Å². The molecule has 10 nitrogen and oxygen atoms in total. The van der Waals surface area contributed by atoms with Gasteiger partial charge in [0.15, 0.2) is 0 Å². The Bertz CT molecular complexity index is 1680. The molecule has 0 saturated heterocycles. The standard InChI is InChI=1S/C24H23BrFN5O5S/c1-24(28-18-9-6-13(25)10-17(18)26)12-19(32)27-21-20(24)22(33)31(15-7-8-15)23(34)30(21)16-5-3-4-14(11-16)29-37(2,35)36/h3-6,9-11,15,28-29H,7-8,12H2,1-2H3,(H,27,32). The zero-order chi connectivity index (χ0) is 26.7. The number of hydrogen-bond donors (Lipinski definition) is 3. The van der Waals surface area contributed by atoms with E-state index < -0.39 is 38.5 Å². The van der Waals surface area contributed by atoms with E-state index in [9.17, 15) is 27.2 Å². The molecule has 2 heterocycles. The lowest BCUT2D eigenvalue weighted by Crippen LogP contribution is -2.52. The Labute approximate surface area is 219 Å². The van der Waals surface area contributed by atoms with E-state index in [0.717, 1.165) is 10.8 Å². The normalized spacial score (nSPS) is 19.2. The number of anilines is 3. The Morgan fingerprint density at radius 1 is 1.14 bits per heavy atom. The van der Waals surface area contributed by atoms with Gasteiger partial charge in [-0.25, -0.2) is 22.2 Å². The number of benzene rings is 2. The molecule has 3 N–H and O–H groups in total. The van der Waals surface area contributed by atoms with Crippen LogP contribution in [0.1, 0.15) is 37.8 Å². The van der Waals surface area contributed by atoms with Gasteiger partial charge in [0.2, 0.25) is 15.9 Å². The summed E-state index contributed by atoms with van der Waals surface area (Å²) in [4.78, 5) is 40.3. The van der Waals surface area contributed by atoms with Crippen molar-refractivity contribution in [2.24, 2.45) is 0 Å². The fourth-order valence-electron chi connectivity index (χ4n) is 4.64. The van der Waals surface area contributed by atoms with Gasteiger partial charge in [0.1, 0.15) is 11.6 Å². The van der Waals surface area contributed by atoms with E-state index in [1.54, 1.807) is 25.1 Å². The molecule has 3 aromatic rings. The maximum atomic E-state index is 14.8. The van der Waals surface area contributed by atoms with Crippen LogP contribution in [0.4, 0.5) is 21.6 Å². The molecule has 1 unspecified atom stereocenters. The second-order valence-electron chi connectivity index (χ2n) is 9.48. The van der Waals surface area contributed by atoms with E-state index >= 15 is 0 Å². The summed E-state index contributed by atoms with van der Waals surface area (Å²) in [7, 11) is -3.60. The minimum atomic E-state index is -3.60. The van der Waals surface area contributed by atoms with Crippen LogP contribution in [-0.4, -0.2) is 29.7 Å². The SMILES string of the molecule is CC1(Nc2ccc(Br)cc2F)CC(=O)Nc2c1c(=O)n(C1CC1)c(=O)n2-c1cccc(NS(C)(=O)=O)c1. The molecular formula is C24H23BrFN5O5S. The van der Waals surface area contributed by atoms with Crippen molar-refractivity contribution in [3.63, 3.8) is 0 Å². The van der Waals surface area contributed by atoms with Gasteiger partial charge in [0, 0.05) is 10.5 Å². The molecule has 13 heteroatoms. The summed E-state index contributed by atoms with van der Waals surface area (Å²) in [5, 5.41) is 5.69. The number of halogens is 2. The van der Waals surface area contributed by atoms with E-state index in [1.807, 2.05) is 0 Å². The first-order chi connectivity index (χ1) is 17.4. The van der Waals surface area contributed by atoms with Gasteiger partial charge in [-0.15, -0.1) is 0 Å². The second kappa shape index (κ2) is 8.84. The molecule has 37 heavy (non-hydrogen) atoms. The molecule has 194 valence electrons. The van der Waals surface area contributed by atoms with Gasteiger partial charge in [0.05, 0.1) is 40.8 Å². The molecule has 2 aliphatic rings. The molecule has 1 atom stereocenters. The van der Waals surface area contributed by atoms with Crippen molar-refractivity contribution in [3.05, 3.63) is 79.2 Å². The van der Waals surface area contributed by atoms with E-state index in [2.05, 4.69) is 31.3 Å². The quantitative estimate of drug-likeness (QED) is 0.403. The van der Waals surface area contributed by atoms with E-state index in [0.29, 0.717) is 17.3 Å². The number of carbonyl (C=O) groups excluding carboxylic acids is 1. The molecule has 1 aromatic heterocycles. The van der Waals surface area contributed by atoms with Gasteiger partial charge in [0.25, 0.3) is 5.56 Å². The van der Waals surface area contributed by atoms with Gasteiger partial charge in [-0.1, -0.05) is 22.0 Å². The number of aromatic nitrogens is 2. The third kappa shape index (κ3) is 4.80. The molecule has 2 aromatic carbocycles. The van der Waals surface area contributed by atoms with Crippen molar-refractivity contribution in [1.82, 2.24) is 9.13 Å². The average Bonchev–Trinajstić information content (AvgIpc) is 3.59. The summed E-state index contributed by atoms with van der Waals surface area (Å²) >= 11 is 3.22. The average molecular weight is 592 g/mol. The highest BCUT2D eigenvalue weighted by Crippen LogP contribution is 2.39. The Morgan fingerprint density at radius 2 is 1.86 bits per heavy atom. The second-order valence-corrected chi connectivity index (χ2v) is 12.1. The molecule has 0 radical (unpaired) electrons. The Hall–Kier alpha value is -3.45. The van der Waals surface area contributed by atoms with Crippen LogP contribution in [-0.2, 0) is 20.4 Å². The third-order valence-electron chi connectivity index (χ3n) is 6.28. The maximum absolute atomic E-state index is 14.8. The lowest BCUT2D eigenvalue weighted by atomic mass is 9.85. The summed E-state index contributed by atoms with van der Waals surface area (Å²) in [5.74, 6) is -1.12. The first-order valence-corrected chi connectivity index (χ1v) is 14.1. The van der Waals surface area contributed by atoms with Crippen molar-refractivity contribution >= 4 is 49.1 Å². The molecule has 1 amide bonds. The van der Waals surface area contributed by atoms with Crippen molar-refractivity contribution in [2.75, 3.05) is 21.6 Å². The number of rotatable bonds is 6. The number of carbonyl (C=O) groups is 1. The number of nitrogens with zero attached hydrogens (tertiary/aromatic N) is 2. The molecular weight excluding hydrogens is 569 g/mol. The zero-order valence-corrected chi connectivity index (χ0v) is 22.2. The van der Waals surface area contributed by atoms with Crippen LogP contribution in [0.5, 0.6) is 0 Å². The molecule has 0 spiro atoms. The maximum Gasteiger partial charge on any atom is 0.337 e. The number of nitrogens with one attached hydrogen (secondary N) is 3. The van der Waals surface area contributed by atoms with Crippen LogP contribution >= 0.6 is 15.9 Å². The Kier molecular flexibility index (Phi) is 6.02. The van der Waals surface area contributed by atoms with E-state index in [-0.39, 0.29) is 40.9 Å². The van der Waals surface area contributed by atoms with Crippen LogP contribution in [0.3, 0.4) is 0 Å². The minimum absolute atomic E-state index is 0.0489. The zero-order valence-electron chi connectivity index (χ0n) is 19.8. The predicted octanol–water partition coefficient (Wildman–Crippen LogP) is 3.28. The van der Waals surface area contributed by atoms with Crippen molar-refractivity contribution in [3.8, 4) is 5.69 Å². The summed E-state index contributed by atoms with van der Waals surface area (Å²) in [6.45, 7) is 1.61. The van der Waals surface area contributed by atoms with Gasteiger partial charge in [-0.2, -0.15) is 0 Å². The van der Waals surface area contributed by atoms with Crippen LogP contribution in [0.2, 0.25) is 0 Å². The van der Waals surface area contributed by atoms with Crippen molar-refractivity contribution in [2.45, 2.75) is 37.8 Å². The number of fused-ring (bicyclic) bond motifs is 1. The summed E-state index contributed by atoms with van der Waals surface area (Å²) < 4.78 is 43.5. The van der Waals surface area contributed by atoms with E-state index in [1.165, 1.54) is 28.8 Å². The van der Waals surface area contributed by atoms with Gasteiger partial charge in [-0.05, 0) is 56.2 Å². The number of amides is 1. The molecule has 0 bridgehead atoms. The van der Waals surface area contributed by atoms with Crippen LogP contribution in [0, 0.1) is 5.82 Å². The van der Waals surface area contributed by atoms with Crippen molar-refractivity contribution in [1.29, 1.82) is 0 Å². The fourth-order valence-corrected chi connectivity index (χ4v) is 5.53. The van der Waals surface area contributed by atoms with Crippen LogP contribution in [0.25, 0.3) is 5.69 Å². The first-order valence-electron chi connectivity index (χ1n) is 11.4. The lowest BCUT2D eigenvalue weighted by Gasteiger charge is -2.37. The van der Waals surface area contributed by atoms with Gasteiger partial charge < -0.3 is 10.6 Å². The van der Waals surface area contributed by atoms with Crippen LogP contribution in [0.15, 0.2) is 56.5 Å². The monoisotopic (exact) mass is 591 g/mol. The van der Waals surface area contributed by atoms with Gasteiger partial charge in [-0.3, -0.25) is 18.9 Å². The minimum Gasteiger partial charge on any atom is -0.373 e. The topological polar surface area (TPSA) is 131 Å². The van der Waals surface area contributed by atoms with Crippen molar-refractivity contribution < 1.29 is 17.6 Å². The molecule has 1 aliphatic carbocycles. The largest absolute Gasteiger partial charge is 0.373 e. The number of hydrogen-bond acceptors (Lipinski definition) is 6. The molecule has 1 fully saturated rings. The highest BCUT2D eigenvalue weighted by atomic mass is 79.9. The predicted molar refractivity (Wildman–Crippen MR) is 141 cm³/mol. The number of sulfonamides is 1. The molecule has 1 saturated carbocycles. The Balaban J connectivity index is 1.76. The van der Waals surface area contributed by atoms with E-state index in [4.69, 9.17) is 0 Å².